The molecule has 0 amide bonds. The third kappa shape index (κ3) is 4.49. The van der Waals surface area contributed by atoms with Crippen LogP contribution in [-0.2, 0) is 4.74 Å². The Bertz CT molecular complexity index is 392. The van der Waals surface area contributed by atoms with E-state index in [4.69, 9.17) is 4.74 Å². The molecular weight excluding hydrogens is 267 g/mol. The van der Waals surface area contributed by atoms with Crippen molar-refractivity contribution in [1.82, 2.24) is 5.32 Å². The minimum Gasteiger partial charge on any atom is -0.364 e. The molecule has 0 aliphatic carbocycles. The number of benzene rings is 1. The van der Waals surface area contributed by atoms with Gasteiger partial charge in [-0.05, 0) is 25.5 Å². The molecule has 1 N–H and O–H groups in total. The van der Waals surface area contributed by atoms with E-state index in [2.05, 4.69) is 5.32 Å². The molecule has 0 spiro atoms. The van der Waals surface area contributed by atoms with Gasteiger partial charge < -0.3 is 10.1 Å². The summed E-state index contributed by atoms with van der Waals surface area (Å²) in [5.41, 5.74) is 0.920. The zero-order valence-electron chi connectivity index (χ0n) is 12.2. The van der Waals surface area contributed by atoms with Crippen molar-refractivity contribution >= 4 is 0 Å². The van der Waals surface area contributed by atoms with Gasteiger partial charge in [0.2, 0.25) is 0 Å². The van der Waals surface area contributed by atoms with Gasteiger partial charge in [0.25, 0.3) is 0 Å². The molecule has 20 heavy (non-hydrogen) atoms. The Labute approximate surface area is 118 Å². The molecule has 0 bridgehead atoms. The van der Waals surface area contributed by atoms with Gasteiger partial charge in [0.15, 0.2) is 6.10 Å². The van der Waals surface area contributed by atoms with E-state index >= 15 is 0 Å². The van der Waals surface area contributed by atoms with Gasteiger partial charge in [-0.3, -0.25) is 0 Å². The van der Waals surface area contributed by atoms with Gasteiger partial charge in [-0.2, -0.15) is 13.2 Å². The Morgan fingerprint density at radius 1 is 1.05 bits per heavy atom. The van der Waals surface area contributed by atoms with Gasteiger partial charge in [0.05, 0.1) is 12.1 Å². The molecule has 0 saturated carbocycles. The van der Waals surface area contributed by atoms with Crippen LogP contribution in [0.2, 0.25) is 0 Å². The van der Waals surface area contributed by atoms with Gasteiger partial charge in [-0.1, -0.05) is 44.2 Å². The molecule has 0 fully saturated rings. The standard InChI is InChI=1S/C15H22F3NO/c1-10(2)14(20-11(3)15(16,17)18)13(19-4)12-8-6-5-7-9-12/h5-11,13-14,19H,1-4H3. The molecule has 0 aromatic heterocycles. The number of hydrogen-bond donors (Lipinski definition) is 1. The fourth-order valence-corrected chi connectivity index (χ4v) is 2.11. The van der Waals surface area contributed by atoms with Crippen LogP contribution in [0.15, 0.2) is 30.3 Å². The number of halogens is 3. The molecule has 0 heterocycles. The van der Waals surface area contributed by atoms with Crippen LogP contribution in [0, 0.1) is 5.92 Å². The van der Waals surface area contributed by atoms with E-state index < -0.39 is 18.4 Å². The average molecular weight is 289 g/mol. The fraction of sp³-hybridized carbons (Fsp3) is 0.600. The lowest BCUT2D eigenvalue weighted by molar-refractivity contribution is -0.234. The summed E-state index contributed by atoms with van der Waals surface area (Å²) in [4.78, 5) is 0. The van der Waals surface area contributed by atoms with Gasteiger partial charge in [-0.15, -0.1) is 0 Å². The van der Waals surface area contributed by atoms with Gasteiger partial charge in [-0.25, -0.2) is 0 Å². The number of likely N-dealkylation sites (N-methyl/N-ethyl adjacent to an activating group) is 1. The highest BCUT2D eigenvalue weighted by Crippen LogP contribution is 2.30. The van der Waals surface area contributed by atoms with Crippen LogP contribution in [0.25, 0.3) is 0 Å². The van der Waals surface area contributed by atoms with Crippen LogP contribution < -0.4 is 5.32 Å². The maximum absolute atomic E-state index is 12.7. The normalized spacial score (nSPS) is 17.0. The second-order valence-electron chi connectivity index (χ2n) is 5.21. The van der Waals surface area contributed by atoms with Crippen LogP contribution in [0.5, 0.6) is 0 Å². The lowest BCUT2D eigenvalue weighted by Crippen LogP contribution is -2.41. The molecule has 0 saturated heterocycles. The van der Waals surface area contributed by atoms with E-state index in [9.17, 15) is 13.2 Å². The SMILES string of the molecule is CNC(c1ccccc1)C(OC(C)C(F)(F)F)C(C)C. The van der Waals surface area contributed by atoms with Crippen molar-refractivity contribution in [2.24, 2.45) is 5.92 Å². The van der Waals surface area contributed by atoms with E-state index in [0.29, 0.717) is 0 Å². The minimum atomic E-state index is -4.35. The summed E-state index contributed by atoms with van der Waals surface area (Å²) in [6.07, 6.45) is -6.68. The first-order chi connectivity index (χ1) is 9.27. The Hall–Kier alpha value is -1.07. The summed E-state index contributed by atoms with van der Waals surface area (Å²) < 4.78 is 43.4. The van der Waals surface area contributed by atoms with Crippen LogP contribution in [0.1, 0.15) is 32.4 Å². The molecule has 1 aromatic rings. The zero-order chi connectivity index (χ0) is 15.3. The predicted molar refractivity (Wildman–Crippen MR) is 73.5 cm³/mol. The lowest BCUT2D eigenvalue weighted by Gasteiger charge is -2.33. The zero-order valence-corrected chi connectivity index (χ0v) is 12.2. The first kappa shape index (κ1) is 17.0. The third-order valence-corrected chi connectivity index (χ3v) is 3.28. The van der Waals surface area contributed by atoms with Crippen molar-refractivity contribution in [3.05, 3.63) is 35.9 Å². The Morgan fingerprint density at radius 3 is 2.00 bits per heavy atom. The molecule has 1 aromatic carbocycles. The predicted octanol–water partition coefficient (Wildman–Crippen LogP) is 3.94. The maximum atomic E-state index is 12.7. The largest absolute Gasteiger partial charge is 0.414 e. The molecule has 5 heteroatoms. The summed E-state index contributed by atoms with van der Waals surface area (Å²) in [5.74, 6) is -0.0440. The third-order valence-electron chi connectivity index (χ3n) is 3.28. The highest BCUT2D eigenvalue weighted by Gasteiger charge is 2.40. The molecule has 0 radical (unpaired) electrons. The lowest BCUT2D eigenvalue weighted by atomic mass is 9.93. The van der Waals surface area contributed by atoms with Crippen molar-refractivity contribution in [2.75, 3.05) is 7.05 Å². The van der Waals surface area contributed by atoms with Crippen molar-refractivity contribution in [3.63, 3.8) is 0 Å². The summed E-state index contributed by atoms with van der Waals surface area (Å²) in [7, 11) is 1.73. The van der Waals surface area contributed by atoms with E-state index in [1.807, 2.05) is 44.2 Å². The van der Waals surface area contributed by atoms with Crippen LogP contribution >= 0.6 is 0 Å². The molecule has 114 valence electrons. The average Bonchev–Trinajstić information content (AvgIpc) is 2.38. The molecule has 3 atom stereocenters. The molecular formula is C15H22F3NO. The van der Waals surface area contributed by atoms with Crippen LogP contribution in [0.4, 0.5) is 13.2 Å². The topological polar surface area (TPSA) is 21.3 Å². The summed E-state index contributed by atoms with van der Waals surface area (Å²) in [6.45, 7) is 4.77. The molecule has 2 nitrogen and oxygen atoms in total. The number of nitrogens with one attached hydrogen (secondary N) is 1. The molecule has 0 aliphatic rings. The maximum Gasteiger partial charge on any atom is 0.414 e. The number of ether oxygens (including phenoxy) is 1. The second-order valence-corrected chi connectivity index (χ2v) is 5.21. The van der Waals surface area contributed by atoms with Crippen molar-refractivity contribution in [2.45, 2.75) is 45.2 Å². The van der Waals surface area contributed by atoms with Gasteiger partial charge in [0.1, 0.15) is 0 Å². The Balaban J connectivity index is 2.94. The van der Waals surface area contributed by atoms with Crippen LogP contribution in [-0.4, -0.2) is 25.4 Å². The summed E-state index contributed by atoms with van der Waals surface area (Å²) in [6, 6.07) is 9.10. The quantitative estimate of drug-likeness (QED) is 0.856. The van der Waals surface area contributed by atoms with Gasteiger partial charge >= 0.3 is 6.18 Å². The Morgan fingerprint density at radius 2 is 1.60 bits per heavy atom. The van der Waals surface area contributed by atoms with E-state index in [1.54, 1.807) is 7.05 Å². The first-order valence-corrected chi connectivity index (χ1v) is 6.71. The summed E-state index contributed by atoms with van der Waals surface area (Å²) in [5, 5.41) is 3.06. The first-order valence-electron chi connectivity index (χ1n) is 6.71. The van der Waals surface area contributed by atoms with Gasteiger partial charge in [0, 0.05) is 0 Å². The van der Waals surface area contributed by atoms with E-state index in [1.165, 1.54) is 0 Å². The van der Waals surface area contributed by atoms with E-state index in [0.717, 1.165) is 12.5 Å². The Kier molecular flexibility index (Phi) is 6.02. The highest BCUT2D eigenvalue weighted by molar-refractivity contribution is 5.20. The van der Waals surface area contributed by atoms with Crippen molar-refractivity contribution in [1.29, 1.82) is 0 Å². The fourth-order valence-electron chi connectivity index (χ4n) is 2.11. The van der Waals surface area contributed by atoms with E-state index in [-0.39, 0.29) is 12.0 Å². The molecule has 1 rings (SSSR count). The molecule has 0 aliphatic heterocycles. The monoisotopic (exact) mass is 289 g/mol. The second kappa shape index (κ2) is 7.09. The van der Waals surface area contributed by atoms with Crippen molar-refractivity contribution in [3.8, 4) is 0 Å². The number of rotatable bonds is 6. The van der Waals surface area contributed by atoms with Crippen molar-refractivity contribution < 1.29 is 17.9 Å². The number of hydrogen-bond acceptors (Lipinski definition) is 2. The highest BCUT2D eigenvalue weighted by atomic mass is 19.4. The number of alkyl halides is 3. The summed E-state index contributed by atoms with van der Waals surface area (Å²) >= 11 is 0. The smallest absolute Gasteiger partial charge is 0.364 e. The van der Waals surface area contributed by atoms with Crippen LogP contribution in [0.3, 0.4) is 0 Å². The molecule has 3 unspecified atom stereocenters. The minimum absolute atomic E-state index is 0.0440.